The zero-order chi connectivity index (χ0) is 18.1. The average molecular weight is 381 g/mol. The van der Waals surface area contributed by atoms with E-state index in [0.717, 1.165) is 11.5 Å². The molecule has 0 bridgehead atoms. The van der Waals surface area contributed by atoms with Crippen molar-refractivity contribution < 1.29 is 24.2 Å². The molecule has 2 N–H and O–H groups in total. The number of benzene rings is 1. The van der Waals surface area contributed by atoms with E-state index in [1.165, 1.54) is 30.2 Å². The molecule has 134 valence electrons. The SMILES string of the molecule is COc1ccc(C(=O)OCC(=O)NCCSCc2cccs2)c(O)c1. The molecular formula is C17H19NO5S2. The van der Waals surface area contributed by atoms with Gasteiger partial charge in [-0.15, -0.1) is 11.3 Å². The van der Waals surface area contributed by atoms with Crippen molar-refractivity contribution in [1.29, 1.82) is 0 Å². The molecule has 0 aliphatic heterocycles. The van der Waals surface area contributed by atoms with Crippen molar-refractivity contribution in [2.24, 2.45) is 0 Å². The van der Waals surface area contributed by atoms with E-state index in [-0.39, 0.29) is 23.8 Å². The van der Waals surface area contributed by atoms with Crippen LogP contribution in [0, 0.1) is 0 Å². The van der Waals surface area contributed by atoms with E-state index in [1.54, 1.807) is 23.1 Å². The first-order valence-electron chi connectivity index (χ1n) is 7.51. The van der Waals surface area contributed by atoms with Gasteiger partial charge in [-0.1, -0.05) is 6.07 Å². The predicted molar refractivity (Wildman–Crippen MR) is 98.4 cm³/mol. The Morgan fingerprint density at radius 2 is 2.16 bits per heavy atom. The van der Waals surface area contributed by atoms with Crippen molar-refractivity contribution in [1.82, 2.24) is 5.32 Å². The van der Waals surface area contributed by atoms with Gasteiger partial charge in [0.2, 0.25) is 0 Å². The third-order valence-electron chi connectivity index (χ3n) is 3.15. The summed E-state index contributed by atoms with van der Waals surface area (Å²) in [6.07, 6.45) is 0. The number of amides is 1. The summed E-state index contributed by atoms with van der Waals surface area (Å²) in [6.45, 7) is 0.111. The largest absolute Gasteiger partial charge is 0.507 e. The van der Waals surface area contributed by atoms with Crippen molar-refractivity contribution in [3.8, 4) is 11.5 Å². The van der Waals surface area contributed by atoms with Gasteiger partial charge in [0.15, 0.2) is 6.61 Å². The first-order valence-corrected chi connectivity index (χ1v) is 9.54. The number of esters is 1. The predicted octanol–water partition coefficient (Wildman–Crippen LogP) is 2.67. The molecule has 0 saturated carbocycles. The number of rotatable bonds is 9. The zero-order valence-corrected chi connectivity index (χ0v) is 15.3. The molecule has 0 aliphatic rings. The van der Waals surface area contributed by atoms with E-state index >= 15 is 0 Å². The number of nitrogens with one attached hydrogen (secondary N) is 1. The Hall–Kier alpha value is -2.19. The lowest BCUT2D eigenvalue weighted by Gasteiger charge is -2.08. The van der Waals surface area contributed by atoms with Gasteiger partial charge in [-0.25, -0.2) is 4.79 Å². The van der Waals surface area contributed by atoms with Gasteiger partial charge in [0, 0.05) is 29.0 Å². The maximum absolute atomic E-state index is 11.9. The monoisotopic (exact) mass is 381 g/mol. The lowest BCUT2D eigenvalue weighted by Crippen LogP contribution is -2.30. The van der Waals surface area contributed by atoms with Gasteiger partial charge < -0.3 is 19.9 Å². The van der Waals surface area contributed by atoms with Crippen LogP contribution in [0.4, 0.5) is 0 Å². The summed E-state index contributed by atoms with van der Waals surface area (Å²) in [5, 5.41) is 14.5. The fourth-order valence-electron chi connectivity index (χ4n) is 1.90. The number of aromatic hydroxyl groups is 1. The van der Waals surface area contributed by atoms with Crippen LogP contribution in [-0.4, -0.2) is 43.0 Å². The third kappa shape index (κ3) is 6.32. The molecule has 6 nitrogen and oxygen atoms in total. The highest BCUT2D eigenvalue weighted by Gasteiger charge is 2.15. The van der Waals surface area contributed by atoms with Crippen LogP contribution in [0.25, 0.3) is 0 Å². The Labute approximate surface area is 154 Å². The molecule has 0 aliphatic carbocycles. The number of methoxy groups -OCH3 is 1. The Morgan fingerprint density at radius 1 is 1.32 bits per heavy atom. The number of carbonyl (C=O) groups excluding carboxylic acids is 2. The van der Waals surface area contributed by atoms with Gasteiger partial charge >= 0.3 is 5.97 Å². The lowest BCUT2D eigenvalue weighted by molar-refractivity contribution is -0.124. The van der Waals surface area contributed by atoms with Gasteiger partial charge in [0.1, 0.15) is 17.1 Å². The minimum Gasteiger partial charge on any atom is -0.507 e. The van der Waals surface area contributed by atoms with Crippen molar-refractivity contribution in [2.75, 3.05) is 26.0 Å². The molecule has 8 heteroatoms. The molecule has 0 saturated heterocycles. The van der Waals surface area contributed by atoms with Crippen LogP contribution in [0.1, 0.15) is 15.2 Å². The fourth-order valence-corrected chi connectivity index (χ4v) is 3.60. The molecule has 0 spiro atoms. The molecule has 0 fully saturated rings. The highest BCUT2D eigenvalue weighted by Crippen LogP contribution is 2.23. The summed E-state index contributed by atoms with van der Waals surface area (Å²) in [5.41, 5.74) is -0.0138. The molecule has 2 aromatic rings. The summed E-state index contributed by atoms with van der Waals surface area (Å²) in [4.78, 5) is 24.8. The molecule has 1 aromatic carbocycles. The number of ether oxygens (including phenoxy) is 2. The van der Waals surface area contributed by atoms with Crippen LogP contribution in [0.3, 0.4) is 0 Å². The highest BCUT2D eigenvalue weighted by atomic mass is 32.2. The number of phenols is 1. The van der Waals surface area contributed by atoms with Crippen LogP contribution in [0.15, 0.2) is 35.7 Å². The first-order chi connectivity index (χ1) is 12.1. The Morgan fingerprint density at radius 3 is 2.84 bits per heavy atom. The quantitative estimate of drug-likeness (QED) is 0.513. The van der Waals surface area contributed by atoms with E-state index < -0.39 is 5.97 Å². The number of phenolic OH excluding ortho intramolecular Hbond substituents is 1. The maximum atomic E-state index is 11.9. The Bertz CT molecular complexity index is 703. The van der Waals surface area contributed by atoms with Crippen molar-refractivity contribution >= 4 is 35.0 Å². The summed E-state index contributed by atoms with van der Waals surface area (Å²) in [5.74, 6) is 0.720. The van der Waals surface area contributed by atoms with Gasteiger partial charge in [0.25, 0.3) is 5.91 Å². The average Bonchev–Trinajstić information content (AvgIpc) is 3.12. The number of thioether (sulfide) groups is 1. The maximum Gasteiger partial charge on any atom is 0.342 e. The fraction of sp³-hybridized carbons (Fsp3) is 0.294. The van der Waals surface area contributed by atoms with Gasteiger partial charge in [-0.05, 0) is 23.6 Å². The standard InChI is InChI=1S/C17H19NO5S2/c1-22-12-4-5-14(15(19)9-12)17(21)23-10-16(20)18-6-8-24-11-13-3-2-7-25-13/h2-5,7,9,19H,6,8,10-11H2,1H3,(H,18,20). The van der Waals surface area contributed by atoms with Crippen molar-refractivity contribution in [2.45, 2.75) is 5.75 Å². The topological polar surface area (TPSA) is 84.9 Å². The van der Waals surface area contributed by atoms with E-state index in [4.69, 9.17) is 9.47 Å². The Balaban J connectivity index is 1.64. The molecule has 0 radical (unpaired) electrons. The molecule has 25 heavy (non-hydrogen) atoms. The molecule has 1 aromatic heterocycles. The van der Waals surface area contributed by atoms with Crippen LogP contribution in [0.2, 0.25) is 0 Å². The number of thiophene rings is 1. The zero-order valence-electron chi connectivity index (χ0n) is 13.7. The van der Waals surface area contributed by atoms with E-state index in [1.807, 2.05) is 11.4 Å². The second-order valence-corrected chi connectivity index (χ2v) is 7.08. The van der Waals surface area contributed by atoms with Crippen LogP contribution >= 0.6 is 23.1 Å². The third-order valence-corrected chi connectivity index (χ3v) is 5.22. The normalized spacial score (nSPS) is 10.3. The van der Waals surface area contributed by atoms with Gasteiger partial charge in [-0.3, -0.25) is 4.79 Å². The molecule has 1 amide bonds. The Kier molecular flexibility index (Phi) is 7.62. The molecule has 0 unspecified atom stereocenters. The summed E-state index contributed by atoms with van der Waals surface area (Å²) in [6, 6.07) is 8.31. The van der Waals surface area contributed by atoms with Gasteiger partial charge in [-0.2, -0.15) is 11.8 Å². The minimum absolute atomic E-state index is 0.0138. The number of hydrogen-bond donors (Lipinski definition) is 2. The summed E-state index contributed by atoms with van der Waals surface area (Å²) >= 11 is 3.43. The molecule has 2 rings (SSSR count). The molecule has 0 atom stereocenters. The summed E-state index contributed by atoms with van der Waals surface area (Å²) < 4.78 is 9.84. The number of hydrogen-bond acceptors (Lipinski definition) is 7. The molecule has 1 heterocycles. The van der Waals surface area contributed by atoms with Crippen molar-refractivity contribution in [3.05, 3.63) is 46.2 Å². The second kappa shape index (κ2) is 9.95. The first kappa shape index (κ1) is 19.1. The number of carbonyl (C=O) groups is 2. The van der Waals surface area contributed by atoms with E-state index in [9.17, 15) is 14.7 Å². The van der Waals surface area contributed by atoms with Crippen LogP contribution < -0.4 is 10.1 Å². The molecular weight excluding hydrogens is 362 g/mol. The lowest BCUT2D eigenvalue weighted by atomic mass is 10.2. The second-order valence-electron chi connectivity index (χ2n) is 4.94. The smallest absolute Gasteiger partial charge is 0.342 e. The highest BCUT2D eigenvalue weighted by molar-refractivity contribution is 7.98. The van der Waals surface area contributed by atoms with E-state index in [0.29, 0.717) is 12.3 Å². The summed E-state index contributed by atoms with van der Waals surface area (Å²) in [7, 11) is 1.45. The van der Waals surface area contributed by atoms with E-state index in [2.05, 4.69) is 11.4 Å². The van der Waals surface area contributed by atoms with Crippen LogP contribution in [-0.2, 0) is 15.3 Å². The minimum atomic E-state index is -0.762. The van der Waals surface area contributed by atoms with Crippen molar-refractivity contribution in [3.63, 3.8) is 0 Å². The van der Waals surface area contributed by atoms with Gasteiger partial charge in [0.05, 0.1) is 7.11 Å². The van der Waals surface area contributed by atoms with Crippen LogP contribution in [0.5, 0.6) is 11.5 Å².